The highest BCUT2D eigenvalue weighted by atomic mass is 16.3. The standard InChI is InChI=1S/C27H35N3O3/c1-27(2,33)26(32)29(18-19-7-4-3-5-8-19)13-14-30-23-11-12-24(30)17-22(16-23)20-9-6-10-21(15-20)25(28)31/h3-10,15,22-24,33H,11-14,16-18H2,1-2H3,(H2,28,31)/t22-,23+,24-. The van der Waals surface area contributed by atoms with Gasteiger partial charge in [-0.2, -0.15) is 0 Å². The van der Waals surface area contributed by atoms with Gasteiger partial charge in [0.25, 0.3) is 5.91 Å². The van der Waals surface area contributed by atoms with E-state index in [2.05, 4.69) is 11.0 Å². The number of amides is 2. The molecule has 2 saturated heterocycles. The third-order valence-electron chi connectivity index (χ3n) is 7.18. The molecule has 2 heterocycles. The number of benzene rings is 2. The summed E-state index contributed by atoms with van der Waals surface area (Å²) in [5.41, 5.74) is 6.92. The first kappa shape index (κ1) is 23.5. The van der Waals surface area contributed by atoms with E-state index in [1.165, 1.54) is 5.56 Å². The Bertz CT molecular complexity index is 972. The molecule has 0 radical (unpaired) electrons. The molecule has 2 aliphatic rings. The minimum absolute atomic E-state index is 0.239. The molecule has 4 rings (SSSR count). The molecule has 3 N–H and O–H groups in total. The van der Waals surface area contributed by atoms with Gasteiger partial charge in [0.1, 0.15) is 5.60 Å². The van der Waals surface area contributed by atoms with Crippen molar-refractivity contribution in [3.8, 4) is 0 Å². The lowest BCUT2D eigenvalue weighted by molar-refractivity contribution is -0.149. The summed E-state index contributed by atoms with van der Waals surface area (Å²) in [5.74, 6) is -0.194. The van der Waals surface area contributed by atoms with Crippen molar-refractivity contribution in [2.24, 2.45) is 5.73 Å². The minimum atomic E-state index is -1.40. The molecule has 3 atom stereocenters. The molecule has 0 unspecified atom stereocenters. The molecule has 6 heteroatoms. The molecule has 6 nitrogen and oxygen atoms in total. The van der Waals surface area contributed by atoms with Gasteiger partial charge in [0, 0.05) is 37.3 Å². The topological polar surface area (TPSA) is 86.9 Å². The van der Waals surface area contributed by atoms with Gasteiger partial charge in [0.2, 0.25) is 5.91 Å². The lowest BCUT2D eigenvalue weighted by Crippen LogP contribution is -2.50. The number of piperidine rings is 1. The van der Waals surface area contributed by atoms with E-state index in [-0.39, 0.29) is 11.8 Å². The van der Waals surface area contributed by atoms with Gasteiger partial charge in [-0.3, -0.25) is 14.5 Å². The van der Waals surface area contributed by atoms with Gasteiger partial charge in [0.05, 0.1) is 0 Å². The maximum absolute atomic E-state index is 13.0. The highest BCUT2D eigenvalue weighted by Gasteiger charge is 2.41. The van der Waals surface area contributed by atoms with Crippen molar-refractivity contribution >= 4 is 11.8 Å². The van der Waals surface area contributed by atoms with Crippen molar-refractivity contribution in [2.45, 2.75) is 69.7 Å². The Labute approximate surface area is 196 Å². The summed E-state index contributed by atoms with van der Waals surface area (Å²) in [6.45, 7) is 5.01. The summed E-state index contributed by atoms with van der Waals surface area (Å²) in [6.07, 6.45) is 4.43. The summed E-state index contributed by atoms with van der Waals surface area (Å²) in [7, 11) is 0. The van der Waals surface area contributed by atoms with Gasteiger partial charge < -0.3 is 15.7 Å². The number of hydrogen-bond acceptors (Lipinski definition) is 4. The van der Waals surface area contributed by atoms with Crippen LogP contribution in [-0.2, 0) is 11.3 Å². The van der Waals surface area contributed by atoms with Crippen LogP contribution < -0.4 is 5.73 Å². The third kappa shape index (κ3) is 5.45. The van der Waals surface area contributed by atoms with E-state index in [0.29, 0.717) is 36.7 Å². The third-order valence-corrected chi connectivity index (χ3v) is 7.18. The Balaban J connectivity index is 1.43. The maximum Gasteiger partial charge on any atom is 0.254 e. The molecule has 2 amide bonds. The van der Waals surface area contributed by atoms with E-state index in [1.54, 1.807) is 24.8 Å². The zero-order valence-electron chi connectivity index (χ0n) is 19.6. The van der Waals surface area contributed by atoms with Crippen LogP contribution >= 0.6 is 0 Å². The monoisotopic (exact) mass is 449 g/mol. The van der Waals surface area contributed by atoms with E-state index in [4.69, 9.17) is 5.73 Å². The zero-order valence-corrected chi connectivity index (χ0v) is 19.6. The van der Waals surface area contributed by atoms with Gasteiger partial charge in [-0.05, 0) is 68.7 Å². The first-order valence-corrected chi connectivity index (χ1v) is 11.9. The van der Waals surface area contributed by atoms with E-state index in [9.17, 15) is 14.7 Å². The second-order valence-electron chi connectivity index (χ2n) is 10.1. The number of nitrogens with zero attached hydrogens (tertiary/aromatic N) is 2. The summed E-state index contributed by atoms with van der Waals surface area (Å²) < 4.78 is 0. The smallest absolute Gasteiger partial charge is 0.254 e. The van der Waals surface area contributed by atoms with Crippen LogP contribution in [0.15, 0.2) is 54.6 Å². The number of primary amides is 1. The summed E-state index contributed by atoms with van der Waals surface area (Å²) in [6, 6.07) is 18.6. The van der Waals surface area contributed by atoms with Crippen LogP contribution in [-0.4, -0.2) is 57.5 Å². The molecule has 2 fully saturated rings. The van der Waals surface area contributed by atoms with E-state index >= 15 is 0 Å². The fraction of sp³-hybridized carbons (Fsp3) is 0.481. The number of rotatable bonds is 8. The van der Waals surface area contributed by atoms with Crippen LogP contribution in [0, 0.1) is 0 Å². The first-order valence-electron chi connectivity index (χ1n) is 11.9. The van der Waals surface area contributed by atoms with Crippen LogP contribution in [0.2, 0.25) is 0 Å². The highest BCUT2D eigenvalue weighted by Crippen LogP contribution is 2.43. The number of fused-ring (bicyclic) bond motifs is 2. The van der Waals surface area contributed by atoms with E-state index in [1.807, 2.05) is 42.5 Å². The lowest BCUT2D eigenvalue weighted by Gasteiger charge is -2.40. The molecular weight excluding hydrogens is 414 g/mol. The second-order valence-corrected chi connectivity index (χ2v) is 10.1. The van der Waals surface area contributed by atoms with Crippen LogP contribution in [0.3, 0.4) is 0 Å². The Kier molecular flexibility index (Phi) is 6.86. The molecule has 0 aromatic heterocycles. The van der Waals surface area contributed by atoms with Crippen molar-refractivity contribution in [3.63, 3.8) is 0 Å². The first-order chi connectivity index (χ1) is 15.7. The molecule has 176 valence electrons. The largest absolute Gasteiger partial charge is 0.381 e. The molecular formula is C27H35N3O3. The van der Waals surface area contributed by atoms with E-state index < -0.39 is 5.60 Å². The fourth-order valence-corrected chi connectivity index (χ4v) is 5.54. The molecule has 2 aromatic carbocycles. The minimum Gasteiger partial charge on any atom is -0.381 e. The van der Waals surface area contributed by atoms with Gasteiger partial charge in [-0.15, -0.1) is 0 Å². The number of carbonyl (C=O) groups is 2. The summed E-state index contributed by atoms with van der Waals surface area (Å²) >= 11 is 0. The highest BCUT2D eigenvalue weighted by molar-refractivity contribution is 5.92. The molecule has 0 saturated carbocycles. The van der Waals surface area contributed by atoms with Gasteiger partial charge in [-0.25, -0.2) is 0 Å². The predicted molar refractivity (Wildman–Crippen MR) is 129 cm³/mol. The van der Waals surface area contributed by atoms with Crippen molar-refractivity contribution in [1.29, 1.82) is 0 Å². The van der Waals surface area contributed by atoms with E-state index in [0.717, 1.165) is 37.8 Å². The number of hydrogen-bond donors (Lipinski definition) is 2. The number of nitrogens with two attached hydrogens (primary N) is 1. The molecule has 0 spiro atoms. The normalized spacial score (nSPS) is 22.8. The molecule has 33 heavy (non-hydrogen) atoms. The quantitative estimate of drug-likeness (QED) is 0.647. The van der Waals surface area contributed by atoms with Crippen LogP contribution in [0.25, 0.3) is 0 Å². The van der Waals surface area contributed by atoms with Crippen LogP contribution in [0.1, 0.15) is 66.9 Å². The Morgan fingerprint density at radius 2 is 1.73 bits per heavy atom. The average Bonchev–Trinajstić information content (AvgIpc) is 3.02. The Hall–Kier alpha value is -2.70. The molecule has 2 aromatic rings. The maximum atomic E-state index is 13.0. The Morgan fingerprint density at radius 3 is 2.33 bits per heavy atom. The zero-order chi connectivity index (χ0) is 23.6. The fourth-order valence-electron chi connectivity index (χ4n) is 5.54. The van der Waals surface area contributed by atoms with Gasteiger partial charge in [0.15, 0.2) is 0 Å². The van der Waals surface area contributed by atoms with Crippen molar-refractivity contribution in [2.75, 3.05) is 13.1 Å². The second kappa shape index (κ2) is 9.65. The van der Waals surface area contributed by atoms with Crippen molar-refractivity contribution < 1.29 is 14.7 Å². The predicted octanol–water partition coefficient (Wildman–Crippen LogP) is 3.30. The average molecular weight is 450 g/mol. The van der Waals surface area contributed by atoms with Crippen LogP contribution in [0.4, 0.5) is 0 Å². The SMILES string of the molecule is CC(C)(O)C(=O)N(CCN1[C@@H]2CC[C@H]1C[C@@H](c1cccc(C(N)=O)c1)C2)Cc1ccccc1. The molecule has 0 aliphatic carbocycles. The summed E-state index contributed by atoms with van der Waals surface area (Å²) in [4.78, 5) is 28.9. The van der Waals surface area contributed by atoms with Crippen LogP contribution in [0.5, 0.6) is 0 Å². The lowest BCUT2D eigenvalue weighted by atomic mass is 9.84. The Morgan fingerprint density at radius 1 is 1.06 bits per heavy atom. The van der Waals surface area contributed by atoms with Gasteiger partial charge in [-0.1, -0.05) is 42.5 Å². The summed E-state index contributed by atoms with van der Waals surface area (Å²) in [5, 5.41) is 10.4. The van der Waals surface area contributed by atoms with Crippen molar-refractivity contribution in [3.05, 3.63) is 71.3 Å². The van der Waals surface area contributed by atoms with Gasteiger partial charge >= 0.3 is 0 Å². The molecule has 2 bridgehead atoms. The number of aliphatic hydroxyl groups is 1. The number of carbonyl (C=O) groups excluding carboxylic acids is 2. The van der Waals surface area contributed by atoms with Crippen molar-refractivity contribution in [1.82, 2.24) is 9.80 Å². The molecule has 2 aliphatic heterocycles.